The fraction of sp³-hybridized carbons (Fsp3) is 0.391. The highest BCUT2D eigenvalue weighted by atomic mass is 32.2. The summed E-state index contributed by atoms with van der Waals surface area (Å²) in [4.78, 5) is 26.8. The van der Waals surface area contributed by atoms with Crippen LogP contribution in [0.1, 0.15) is 16.7 Å². The smallest absolute Gasteiger partial charge is 0.243 e. The number of rotatable bonds is 6. The lowest BCUT2D eigenvalue weighted by molar-refractivity contribution is -0.125. The molecular weight excluding hydrogens is 444 g/mol. The van der Waals surface area contributed by atoms with Gasteiger partial charge >= 0.3 is 0 Å². The Morgan fingerprint density at radius 3 is 2.52 bits per heavy atom. The molecule has 1 saturated heterocycles. The van der Waals surface area contributed by atoms with E-state index in [1.165, 1.54) is 10.4 Å². The van der Waals surface area contributed by atoms with Crippen LogP contribution < -0.4 is 11.1 Å². The van der Waals surface area contributed by atoms with Crippen molar-refractivity contribution < 1.29 is 22.7 Å². The van der Waals surface area contributed by atoms with Crippen LogP contribution in [0.15, 0.2) is 47.4 Å². The molecule has 3 N–H and O–H groups in total. The van der Waals surface area contributed by atoms with Gasteiger partial charge in [0, 0.05) is 25.3 Å². The van der Waals surface area contributed by atoms with E-state index in [2.05, 4.69) is 5.32 Å². The molecule has 2 aromatic rings. The number of morpholine rings is 1. The molecule has 4 rings (SSSR count). The zero-order chi connectivity index (χ0) is 23.6. The van der Waals surface area contributed by atoms with Crippen molar-refractivity contribution in [2.24, 2.45) is 5.73 Å². The maximum atomic E-state index is 13.1. The van der Waals surface area contributed by atoms with E-state index in [1.54, 1.807) is 24.0 Å². The van der Waals surface area contributed by atoms with Crippen LogP contribution in [0.2, 0.25) is 0 Å². The highest BCUT2D eigenvalue weighted by molar-refractivity contribution is 7.89. The number of hydrogen-bond acceptors (Lipinski definition) is 6. The predicted octanol–water partition coefficient (Wildman–Crippen LogP) is 0.867. The minimum atomic E-state index is -3.70. The van der Waals surface area contributed by atoms with Gasteiger partial charge in [-0.2, -0.15) is 4.31 Å². The summed E-state index contributed by atoms with van der Waals surface area (Å²) in [5.74, 6) is -0.828. The van der Waals surface area contributed by atoms with Crippen molar-refractivity contribution in [3.63, 3.8) is 0 Å². The van der Waals surface area contributed by atoms with E-state index in [-0.39, 0.29) is 17.3 Å². The molecule has 2 aromatic carbocycles. The highest BCUT2D eigenvalue weighted by Crippen LogP contribution is 2.26. The Labute approximate surface area is 193 Å². The second kappa shape index (κ2) is 9.60. The Morgan fingerprint density at radius 2 is 1.82 bits per heavy atom. The number of nitrogens with zero attached hydrogens (tertiary/aromatic N) is 2. The lowest BCUT2D eigenvalue weighted by atomic mass is 9.93. The van der Waals surface area contributed by atoms with Crippen LogP contribution in [0.4, 0.5) is 5.69 Å². The van der Waals surface area contributed by atoms with Gasteiger partial charge in [-0.15, -0.1) is 0 Å². The molecule has 0 radical (unpaired) electrons. The number of primary amides is 1. The van der Waals surface area contributed by atoms with E-state index >= 15 is 0 Å². The molecule has 33 heavy (non-hydrogen) atoms. The summed E-state index contributed by atoms with van der Waals surface area (Å²) in [5.41, 5.74) is 8.69. The zero-order valence-corrected chi connectivity index (χ0v) is 19.3. The zero-order valence-electron chi connectivity index (χ0n) is 18.5. The number of carbonyl (C=O) groups is 2. The molecule has 1 unspecified atom stereocenters. The van der Waals surface area contributed by atoms with E-state index in [1.807, 2.05) is 24.3 Å². The van der Waals surface area contributed by atoms with Crippen LogP contribution in [0.3, 0.4) is 0 Å². The number of anilines is 1. The van der Waals surface area contributed by atoms with Crippen molar-refractivity contribution in [1.29, 1.82) is 0 Å². The molecule has 1 fully saturated rings. The van der Waals surface area contributed by atoms with E-state index < -0.39 is 22.0 Å². The average Bonchev–Trinajstić information content (AvgIpc) is 2.80. The SMILES string of the molecule is Cc1ccc(NC(=O)CN2Cc3ccccc3CC2C(N)=O)cc1S(=O)(=O)N1CCOCC1. The first-order valence-electron chi connectivity index (χ1n) is 10.8. The quantitative estimate of drug-likeness (QED) is 0.643. The van der Waals surface area contributed by atoms with Gasteiger partial charge < -0.3 is 15.8 Å². The van der Waals surface area contributed by atoms with Gasteiger partial charge in [-0.05, 0) is 42.2 Å². The number of hydrogen-bond donors (Lipinski definition) is 2. The number of sulfonamides is 1. The first-order valence-corrected chi connectivity index (χ1v) is 12.3. The minimum absolute atomic E-state index is 0.0403. The van der Waals surface area contributed by atoms with Crippen molar-refractivity contribution >= 4 is 27.5 Å². The summed E-state index contributed by atoms with van der Waals surface area (Å²) >= 11 is 0. The normalized spacial score (nSPS) is 19.6. The molecule has 0 spiro atoms. The van der Waals surface area contributed by atoms with Gasteiger partial charge in [0.2, 0.25) is 21.8 Å². The summed E-state index contributed by atoms with van der Waals surface area (Å²) < 4.78 is 32.8. The Kier molecular flexibility index (Phi) is 6.80. The van der Waals surface area contributed by atoms with Crippen molar-refractivity contribution in [2.75, 3.05) is 38.2 Å². The number of fused-ring (bicyclic) bond motifs is 1. The first-order chi connectivity index (χ1) is 15.8. The van der Waals surface area contributed by atoms with E-state index in [9.17, 15) is 18.0 Å². The minimum Gasteiger partial charge on any atom is -0.379 e. The number of nitrogens with one attached hydrogen (secondary N) is 1. The average molecular weight is 473 g/mol. The van der Waals surface area contributed by atoms with E-state index in [0.29, 0.717) is 50.5 Å². The molecule has 0 bridgehead atoms. The van der Waals surface area contributed by atoms with Crippen LogP contribution in [0.25, 0.3) is 0 Å². The van der Waals surface area contributed by atoms with Gasteiger partial charge in [-0.3, -0.25) is 14.5 Å². The third-order valence-corrected chi connectivity index (χ3v) is 8.12. The van der Waals surface area contributed by atoms with E-state index in [4.69, 9.17) is 10.5 Å². The molecule has 2 aliphatic heterocycles. The Bertz CT molecular complexity index is 1160. The topological polar surface area (TPSA) is 122 Å². The van der Waals surface area contributed by atoms with Gasteiger partial charge in [0.05, 0.1) is 30.7 Å². The second-order valence-electron chi connectivity index (χ2n) is 8.34. The third-order valence-electron chi connectivity index (χ3n) is 6.08. The summed E-state index contributed by atoms with van der Waals surface area (Å²) in [6, 6.07) is 12.0. The van der Waals surface area contributed by atoms with Crippen LogP contribution >= 0.6 is 0 Å². The third kappa shape index (κ3) is 5.09. The molecule has 0 saturated carbocycles. The summed E-state index contributed by atoms with van der Waals surface area (Å²) in [5, 5.41) is 2.77. The molecule has 2 heterocycles. The van der Waals surface area contributed by atoms with Crippen molar-refractivity contribution in [3.05, 3.63) is 59.2 Å². The molecule has 176 valence electrons. The summed E-state index contributed by atoms with van der Waals surface area (Å²) in [6.07, 6.45) is 0.450. The highest BCUT2D eigenvalue weighted by Gasteiger charge is 2.32. The molecule has 9 nitrogen and oxygen atoms in total. The number of carbonyl (C=O) groups excluding carboxylic acids is 2. The maximum Gasteiger partial charge on any atom is 0.243 e. The molecule has 2 amide bonds. The largest absolute Gasteiger partial charge is 0.379 e. The second-order valence-corrected chi connectivity index (χ2v) is 10.2. The monoisotopic (exact) mass is 472 g/mol. The molecule has 2 aliphatic rings. The van der Waals surface area contributed by atoms with Gasteiger partial charge in [0.1, 0.15) is 0 Å². The molecule has 0 aromatic heterocycles. The molecule has 0 aliphatic carbocycles. The maximum absolute atomic E-state index is 13.1. The summed E-state index contributed by atoms with van der Waals surface area (Å²) in [7, 11) is -3.70. The lowest BCUT2D eigenvalue weighted by Crippen LogP contribution is -2.50. The number of aryl methyl sites for hydroxylation is 1. The van der Waals surface area contributed by atoms with E-state index in [0.717, 1.165) is 11.1 Å². The van der Waals surface area contributed by atoms with Gasteiger partial charge in [0.25, 0.3) is 0 Å². The molecule has 1 atom stereocenters. The van der Waals surface area contributed by atoms with Crippen LogP contribution in [0.5, 0.6) is 0 Å². The standard InChI is InChI=1S/C23H28N4O5S/c1-16-6-7-19(13-21(16)33(30,31)27-8-10-32-11-9-27)25-22(28)15-26-14-18-5-3-2-4-17(18)12-20(26)23(24)29/h2-7,13,20H,8-12,14-15H2,1H3,(H2,24,29)(H,25,28). The lowest BCUT2D eigenvalue weighted by Gasteiger charge is -2.34. The van der Waals surface area contributed by atoms with Crippen LogP contribution in [-0.4, -0.2) is 68.3 Å². The first kappa shape index (κ1) is 23.4. The fourth-order valence-corrected chi connectivity index (χ4v) is 5.95. The molecule has 10 heteroatoms. The van der Waals surface area contributed by atoms with Crippen LogP contribution in [0, 0.1) is 6.92 Å². The Hall–Kier alpha value is -2.79. The van der Waals surface area contributed by atoms with Gasteiger partial charge in [0.15, 0.2) is 0 Å². The Balaban J connectivity index is 1.49. The number of benzene rings is 2. The van der Waals surface area contributed by atoms with Gasteiger partial charge in [-0.25, -0.2) is 8.42 Å². The van der Waals surface area contributed by atoms with Crippen molar-refractivity contribution in [3.8, 4) is 0 Å². The molecular formula is C23H28N4O5S. The summed E-state index contributed by atoms with van der Waals surface area (Å²) in [6.45, 7) is 3.42. The fourth-order valence-electron chi connectivity index (χ4n) is 4.29. The number of nitrogens with two attached hydrogens (primary N) is 1. The van der Waals surface area contributed by atoms with Gasteiger partial charge in [-0.1, -0.05) is 30.3 Å². The number of amides is 2. The Morgan fingerprint density at radius 1 is 1.12 bits per heavy atom. The van der Waals surface area contributed by atoms with Crippen LogP contribution in [-0.2, 0) is 37.3 Å². The van der Waals surface area contributed by atoms with Crippen molar-refractivity contribution in [2.45, 2.75) is 30.8 Å². The predicted molar refractivity (Wildman–Crippen MR) is 123 cm³/mol. The van der Waals surface area contributed by atoms with Crippen molar-refractivity contribution in [1.82, 2.24) is 9.21 Å². The number of ether oxygens (including phenoxy) is 1.